The number of hydrogen-bond acceptors (Lipinski definition) is 1. The molecule has 1 N–H and O–H groups in total. The molecule has 0 heterocycles. The van der Waals surface area contributed by atoms with Crippen LogP contribution in [0.3, 0.4) is 0 Å². The van der Waals surface area contributed by atoms with Crippen LogP contribution in [0, 0.1) is 6.92 Å². The quantitative estimate of drug-likeness (QED) is 0.716. The molecule has 1 aromatic rings. The van der Waals surface area contributed by atoms with Gasteiger partial charge in [0, 0.05) is 6.54 Å². The number of likely N-dealkylation sites (N-methyl/N-ethyl adjacent to an activating group) is 1. The number of rotatable bonds is 3. The molecule has 64 valence electrons. The van der Waals surface area contributed by atoms with E-state index in [4.69, 9.17) is 0 Å². The highest BCUT2D eigenvalue weighted by Crippen LogP contribution is 2.11. The molecule has 1 aromatic carbocycles. The second-order valence-electron chi connectivity index (χ2n) is 3.00. The predicted molar refractivity (Wildman–Crippen MR) is 54.1 cm³/mol. The Morgan fingerprint density at radius 2 is 1.92 bits per heavy atom. The average molecular weight is 161 g/mol. The molecule has 0 amide bonds. The smallest absolute Gasteiger partial charge is 0.0202 e. The Morgan fingerprint density at radius 3 is 2.42 bits per heavy atom. The van der Waals surface area contributed by atoms with E-state index in [1.807, 2.05) is 7.05 Å². The van der Waals surface area contributed by atoms with Gasteiger partial charge in [0.1, 0.15) is 0 Å². The lowest BCUT2D eigenvalue weighted by Crippen LogP contribution is -2.08. The molecule has 1 heteroatoms. The van der Waals surface area contributed by atoms with Crippen LogP contribution in [-0.2, 0) is 0 Å². The fraction of sp³-hybridized carbons (Fsp3) is 0.273. The van der Waals surface area contributed by atoms with Crippen LogP contribution in [0.2, 0.25) is 0 Å². The molecule has 0 saturated carbocycles. The summed E-state index contributed by atoms with van der Waals surface area (Å²) < 4.78 is 0. The topological polar surface area (TPSA) is 12.0 Å². The van der Waals surface area contributed by atoms with Crippen molar-refractivity contribution in [3.05, 3.63) is 42.0 Å². The van der Waals surface area contributed by atoms with Crippen LogP contribution in [-0.4, -0.2) is 13.6 Å². The zero-order valence-corrected chi connectivity index (χ0v) is 7.72. The highest BCUT2D eigenvalue weighted by Gasteiger charge is 1.95. The van der Waals surface area contributed by atoms with Gasteiger partial charge in [0.05, 0.1) is 0 Å². The van der Waals surface area contributed by atoms with Gasteiger partial charge < -0.3 is 5.32 Å². The summed E-state index contributed by atoms with van der Waals surface area (Å²) in [6.45, 7) is 6.92. The van der Waals surface area contributed by atoms with E-state index in [0.29, 0.717) is 0 Å². The minimum Gasteiger partial charge on any atom is -0.316 e. The molecular weight excluding hydrogens is 146 g/mol. The zero-order valence-electron chi connectivity index (χ0n) is 7.72. The van der Waals surface area contributed by atoms with Gasteiger partial charge in [-0.25, -0.2) is 0 Å². The van der Waals surface area contributed by atoms with E-state index in [2.05, 4.69) is 43.1 Å². The van der Waals surface area contributed by atoms with Gasteiger partial charge in [-0.1, -0.05) is 36.4 Å². The molecule has 0 aliphatic heterocycles. The molecule has 0 saturated heterocycles. The predicted octanol–water partition coefficient (Wildman–Crippen LogP) is 2.23. The van der Waals surface area contributed by atoms with Gasteiger partial charge in [-0.3, -0.25) is 0 Å². The molecule has 0 aliphatic carbocycles. The van der Waals surface area contributed by atoms with Crippen LogP contribution in [0.4, 0.5) is 0 Å². The molecule has 0 fully saturated rings. The fourth-order valence-electron chi connectivity index (χ4n) is 1.10. The summed E-state index contributed by atoms with van der Waals surface area (Å²) in [6, 6.07) is 8.43. The first-order valence-corrected chi connectivity index (χ1v) is 4.13. The molecular formula is C11H15N. The van der Waals surface area contributed by atoms with Crippen LogP contribution in [0.1, 0.15) is 11.1 Å². The monoisotopic (exact) mass is 161 g/mol. The van der Waals surface area contributed by atoms with E-state index in [1.54, 1.807) is 0 Å². The number of nitrogens with one attached hydrogen (secondary N) is 1. The molecule has 0 bridgehead atoms. The molecule has 0 radical (unpaired) electrons. The summed E-state index contributed by atoms with van der Waals surface area (Å²) in [6.07, 6.45) is 0. The summed E-state index contributed by atoms with van der Waals surface area (Å²) in [4.78, 5) is 0. The largest absolute Gasteiger partial charge is 0.316 e. The summed E-state index contributed by atoms with van der Waals surface area (Å²) >= 11 is 0. The van der Waals surface area contributed by atoms with Crippen molar-refractivity contribution in [2.75, 3.05) is 13.6 Å². The van der Waals surface area contributed by atoms with Gasteiger partial charge >= 0.3 is 0 Å². The van der Waals surface area contributed by atoms with Crippen molar-refractivity contribution in [2.24, 2.45) is 0 Å². The molecule has 0 aliphatic rings. The Bertz CT molecular complexity index is 259. The molecule has 0 aromatic heterocycles. The van der Waals surface area contributed by atoms with Gasteiger partial charge in [0.25, 0.3) is 0 Å². The second-order valence-corrected chi connectivity index (χ2v) is 3.00. The standard InChI is InChI=1S/C11H15N/c1-9-4-6-11(7-5-9)10(2)8-12-3/h4-7,12H,2,8H2,1,3H3. The number of benzene rings is 1. The van der Waals surface area contributed by atoms with Crippen molar-refractivity contribution in [3.8, 4) is 0 Å². The van der Waals surface area contributed by atoms with Crippen LogP contribution >= 0.6 is 0 Å². The minimum atomic E-state index is 0.850. The molecule has 0 atom stereocenters. The number of hydrogen-bond donors (Lipinski definition) is 1. The first-order valence-electron chi connectivity index (χ1n) is 4.13. The van der Waals surface area contributed by atoms with E-state index in [1.165, 1.54) is 11.1 Å². The van der Waals surface area contributed by atoms with E-state index in [-0.39, 0.29) is 0 Å². The maximum Gasteiger partial charge on any atom is 0.0202 e. The number of aryl methyl sites for hydroxylation is 1. The summed E-state index contributed by atoms with van der Waals surface area (Å²) in [7, 11) is 1.93. The van der Waals surface area contributed by atoms with Gasteiger partial charge in [0.15, 0.2) is 0 Å². The Hall–Kier alpha value is -1.08. The third-order valence-corrected chi connectivity index (χ3v) is 1.85. The average Bonchev–Trinajstić information content (AvgIpc) is 2.06. The molecule has 1 nitrogen and oxygen atoms in total. The van der Waals surface area contributed by atoms with Gasteiger partial charge in [0.2, 0.25) is 0 Å². The second kappa shape index (κ2) is 4.07. The van der Waals surface area contributed by atoms with Gasteiger partial charge in [-0.2, -0.15) is 0 Å². The van der Waals surface area contributed by atoms with Crippen molar-refractivity contribution >= 4 is 5.57 Å². The normalized spacial score (nSPS) is 9.83. The van der Waals surface area contributed by atoms with E-state index in [9.17, 15) is 0 Å². The first-order chi connectivity index (χ1) is 5.74. The van der Waals surface area contributed by atoms with E-state index < -0.39 is 0 Å². The Labute approximate surface area is 74.1 Å². The molecule has 0 spiro atoms. The lowest BCUT2D eigenvalue weighted by molar-refractivity contribution is 0.932. The van der Waals surface area contributed by atoms with E-state index >= 15 is 0 Å². The third-order valence-electron chi connectivity index (χ3n) is 1.85. The van der Waals surface area contributed by atoms with Gasteiger partial charge in [-0.15, -0.1) is 0 Å². The Balaban J connectivity index is 2.75. The highest BCUT2D eigenvalue weighted by atomic mass is 14.8. The molecule has 1 rings (SSSR count). The zero-order chi connectivity index (χ0) is 8.97. The highest BCUT2D eigenvalue weighted by molar-refractivity contribution is 5.64. The SMILES string of the molecule is C=C(CNC)c1ccc(C)cc1. The molecule has 12 heavy (non-hydrogen) atoms. The van der Waals surface area contributed by atoms with Crippen LogP contribution < -0.4 is 5.32 Å². The van der Waals surface area contributed by atoms with Crippen LogP contribution in [0.5, 0.6) is 0 Å². The van der Waals surface area contributed by atoms with Gasteiger partial charge in [-0.05, 0) is 25.1 Å². The van der Waals surface area contributed by atoms with Crippen LogP contribution in [0.25, 0.3) is 5.57 Å². The third kappa shape index (κ3) is 2.21. The first kappa shape index (κ1) is 9.01. The molecule has 0 unspecified atom stereocenters. The van der Waals surface area contributed by atoms with Crippen molar-refractivity contribution in [1.82, 2.24) is 5.32 Å². The van der Waals surface area contributed by atoms with Crippen molar-refractivity contribution in [3.63, 3.8) is 0 Å². The Kier molecular flexibility index (Phi) is 3.06. The minimum absolute atomic E-state index is 0.850. The van der Waals surface area contributed by atoms with Crippen molar-refractivity contribution < 1.29 is 0 Å². The van der Waals surface area contributed by atoms with Crippen molar-refractivity contribution in [2.45, 2.75) is 6.92 Å². The maximum absolute atomic E-state index is 3.98. The van der Waals surface area contributed by atoms with Crippen molar-refractivity contribution in [1.29, 1.82) is 0 Å². The van der Waals surface area contributed by atoms with E-state index in [0.717, 1.165) is 12.1 Å². The summed E-state index contributed by atoms with van der Waals surface area (Å²) in [5, 5.41) is 3.08. The maximum atomic E-state index is 3.98. The van der Waals surface area contributed by atoms with Crippen LogP contribution in [0.15, 0.2) is 30.8 Å². The fourth-order valence-corrected chi connectivity index (χ4v) is 1.10. The lowest BCUT2D eigenvalue weighted by atomic mass is 10.1. The summed E-state index contributed by atoms with van der Waals surface area (Å²) in [5.74, 6) is 0. The summed E-state index contributed by atoms with van der Waals surface area (Å²) in [5.41, 5.74) is 3.64. The Morgan fingerprint density at radius 1 is 1.33 bits per heavy atom. The lowest BCUT2D eigenvalue weighted by Gasteiger charge is -2.04.